The van der Waals surface area contributed by atoms with E-state index in [-0.39, 0.29) is 17.3 Å². The van der Waals surface area contributed by atoms with Crippen molar-refractivity contribution < 1.29 is 23.8 Å². The lowest BCUT2D eigenvalue weighted by Crippen LogP contribution is -2.40. The summed E-state index contributed by atoms with van der Waals surface area (Å²) in [6.45, 7) is 9.91. The summed E-state index contributed by atoms with van der Waals surface area (Å²) in [5.41, 5.74) is 1.66. The number of hydrogen-bond acceptors (Lipinski definition) is 7. The van der Waals surface area contributed by atoms with E-state index in [0.717, 1.165) is 18.4 Å². The van der Waals surface area contributed by atoms with Crippen LogP contribution in [-0.2, 0) is 14.3 Å². The van der Waals surface area contributed by atoms with Gasteiger partial charge in [0.1, 0.15) is 0 Å². The predicted molar refractivity (Wildman–Crippen MR) is 121 cm³/mol. The molecule has 0 aliphatic carbocycles. The number of amidine groups is 1. The number of carbonyl (C=O) groups is 2. The molecule has 1 fully saturated rings. The van der Waals surface area contributed by atoms with Gasteiger partial charge in [0.15, 0.2) is 16.7 Å². The van der Waals surface area contributed by atoms with Gasteiger partial charge < -0.3 is 14.2 Å². The summed E-state index contributed by atoms with van der Waals surface area (Å²) >= 11 is 1.40. The number of allylic oxidation sites excluding steroid dienone is 1. The average Bonchev–Trinajstić information content (AvgIpc) is 2.99. The van der Waals surface area contributed by atoms with E-state index in [4.69, 9.17) is 14.2 Å². The number of unbranched alkanes of at least 4 members (excludes halogenated alkanes) is 1. The number of thioether (sulfide) groups is 1. The minimum Gasteiger partial charge on any atom is -0.493 e. The first-order chi connectivity index (χ1) is 14.8. The van der Waals surface area contributed by atoms with Crippen LogP contribution in [0.1, 0.15) is 59.1 Å². The van der Waals surface area contributed by atoms with Gasteiger partial charge in [-0.05, 0) is 51.8 Å². The molecule has 0 N–H and O–H groups in total. The molecule has 2 aliphatic rings. The second kappa shape index (κ2) is 9.77. The number of methoxy groups -OCH3 is 1. The van der Waals surface area contributed by atoms with Gasteiger partial charge >= 0.3 is 5.97 Å². The van der Waals surface area contributed by atoms with Crippen LogP contribution in [0.4, 0.5) is 0 Å². The molecule has 0 bridgehead atoms. The number of benzene rings is 1. The number of rotatable bonds is 8. The van der Waals surface area contributed by atoms with Gasteiger partial charge in [-0.2, -0.15) is 0 Å². The number of ether oxygens (including phenoxy) is 3. The second-order valence-electron chi connectivity index (χ2n) is 7.83. The fraction of sp³-hybridized carbons (Fsp3) is 0.522. The monoisotopic (exact) mass is 446 g/mol. The molecule has 1 amide bonds. The zero-order valence-electron chi connectivity index (χ0n) is 18.9. The molecule has 0 aromatic heterocycles. The molecule has 0 unspecified atom stereocenters. The molecule has 3 rings (SSSR count). The fourth-order valence-electron chi connectivity index (χ4n) is 3.56. The van der Waals surface area contributed by atoms with Crippen LogP contribution in [-0.4, -0.2) is 47.0 Å². The molecule has 7 nitrogen and oxygen atoms in total. The molecule has 1 aromatic carbocycles. The zero-order chi connectivity index (χ0) is 22.7. The Morgan fingerprint density at radius 2 is 2.03 bits per heavy atom. The molecule has 1 aromatic rings. The molecular weight excluding hydrogens is 416 g/mol. The maximum Gasteiger partial charge on any atom is 0.338 e. The number of hydrogen-bond donors (Lipinski definition) is 0. The first-order valence-electron chi connectivity index (χ1n) is 10.6. The van der Waals surface area contributed by atoms with Crippen molar-refractivity contribution in [3.05, 3.63) is 35.0 Å². The first kappa shape index (κ1) is 23.2. The average molecular weight is 447 g/mol. The number of nitrogens with zero attached hydrogens (tertiary/aromatic N) is 2. The van der Waals surface area contributed by atoms with E-state index in [1.54, 1.807) is 32.8 Å². The van der Waals surface area contributed by atoms with E-state index in [1.165, 1.54) is 11.8 Å². The van der Waals surface area contributed by atoms with Crippen molar-refractivity contribution in [1.82, 2.24) is 4.90 Å². The van der Waals surface area contributed by atoms with Crippen molar-refractivity contribution in [1.29, 1.82) is 0 Å². The van der Waals surface area contributed by atoms with Crippen molar-refractivity contribution in [2.75, 3.05) is 13.7 Å². The summed E-state index contributed by atoms with van der Waals surface area (Å²) in [6.07, 6.45) is 1.69. The van der Waals surface area contributed by atoms with Crippen molar-refractivity contribution in [2.24, 2.45) is 4.99 Å². The van der Waals surface area contributed by atoms with Crippen LogP contribution in [0.15, 0.2) is 34.5 Å². The number of carbonyl (C=O) groups excluding carboxylic acids is 2. The number of amides is 1. The van der Waals surface area contributed by atoms with Crippen molar-refractivity contribution in [2.45, 2.75) is 64.9 Å². The minimum atomic E-state index is -0.637. The molecule has 8 heteroatoms. The molecule has 1 saturated heterocycles. The van der Waals surface area contributed by atoms with Crippen LogP contribution in [0, 0.1) is 0 Å². The Balaban J connectivity index is 2.06. The topological polar surface area (TPSA) is 77.4 Å². The summed E-state index contributed by atoms with van der Waals surface area (Å²) in [5.74, 6) is 0.629. The van der Waals surface area contributed by atoms with Crippen LogP contribution < -0.4 is 9.47 Å². The van der Waals surface area contributed by atoms with Crippen molar-refractivity contribution in [3.63, 3.8) is 0 Å². The Labute approximate surface area is 187 Å². The van der Waals surface area contributed by atoms with E-state index in [2.05, 4.69) is 11.9 Å². The molecule has 2 aliphatic heterocycles. The van der Waals surface area contributed by atoms with Gasteiger partial charge in [-0.25, -0.2) is 9.79 Å². The van der Waals surface area contributed by atoms with E-state index in [0.29, 0.717) is 34.5 Å². The molecule has 0 saturated carbocycles. The van der Waals surface area contributed by atoms with E-state index in [1.807, 2.05) is 25.1 Å². The Kier molecular flexibility index (Phi) is 7.30. The largest absolute Gasteiger partial charge is 0.493 e. The molecule has 31 heavy (non-hydrogen) atoms. The van der Waals surface area contributed by atoms with Crippen molar-refractivity contribution in [3.8, 4) is 11.5 Å². The lowest BCUT2D eigenvalue weighted by Gasteiger charge is -2.33. The maximum absolute atomic E-state index is 13.0. The van der Waals surface area contributed by atoms with Gasteiger partial charge in [-0.15, -0.1) is 0 Å². The van der Waals surface area contributed by atoms with Crippen LogP contribution in [0.2, 0.25) is 0 Å². The normalized spacial score (nSPS) is 20.7. The Bertz CT molecular complexity index is 925. The third-order valence-corrected chi connectivity index (χ3v) is 6.13. The smallest absolute Gasteiger partial charge is 0.338 e. The second-order valence-corrected chi connectivity index (χ2v) is 9.14. The third-order valence-electron chi connectivity index (χ3n) is 5.08. The highest BCUT2D eigenvalue weighted by atomic mass is 32.2. The Morgan fingerprint density at radius 3 is 2.68 bits per heavy atom. The molecule has 168 valence electrons. The lowest BCUT2D eigenvalue weighted by molar-refractivity contribution is -0.143. The van der Waals surface area contributed by atoms with Crippen LogP contribution in [0.25, 0.3) is 0 Å². The van der Waals surface area contributed by atoms with Gasteiger partial charge in [-0.1, -0.05) is 31.2 Å². The number of fused-ring (bicyclic) bond motifs is 1. The summed E-state index contributed by atoms with van der Waals surface area (Å²) < 4.78 is 16.9. The first-order valence-corrected chi connectivity index (χ1v) is 11.5. The molecule has 0 radical (unpaired) electrons. The molecule has 2 atom stereocenters. The minimum absolute atomic E-state index is 0.0849. The summed E-state index contributed by atoms with van der Waals surface area (Å²) in [6, 6.07) is 4.88. The summed E-state index contributed by atoms with van der Waals surface area (Å²) in [5, 5.41) is 0.330. The Morgan fingerprint density at radius 1 is 1.29 bits per heavy atom. The predicted octanol–water partition coefficient (Wildman–Crippen LogP) is 4.47. The standard InChI is InChI=1S/C23H30N2O5S/c1-7-8-11-29-17-10-9-16(12-18(17)28-6)20-19(22(27)30-13(2)3)14(4)24-23-25(20)21(26)15(5)31-23/h9-10,12-13,15,20H,7-8,11H2,1-6H3/t15-,20-/m0/s1. The highest BCUT2D eigenvalue weighted by Gasteiger charge is 2.46. The molecule has 0 spiro atoms. The zero-order valence-corrected chi connectivity index (χ0v) is 19.7. The number of esters is 1. The summed E-state index contributed by atoms with van der Waals surface area (Å²) in [7, 11) is 1.58. The fourth-order valence-corrected chi connectivity index (χ4v) is 4.59. The van der Waals surface area contributed by atoms with E-state index < -0.39 is 12.0 Å². The quantitative estimate of drug-likeness (QED) is 0.433. The highest BCUT2D eigenvalue weighted by Crippen LogP contribution is 2.44. The third kappa shape index (κ3) is 4.74. The van der Waals surface area contributed by atoms with Gasteiger partial charge in [0.05, 0.1) is 42.4 Å². The highest BCUT2D eigenvalue weighted by molar-refractivity contribution is 8.15. The lowest BCUT2D eigenvalue weighted by atomic mass is 9.94. The Hall–Kier alpha value is -2.48. The SMILES string of the molecule is CCCCOc1ccc([C@H]2C(C(=O)OC(C)C)=C(C)N=C3S[C@@H](C)C(=O)N32)cc1OC. The van der Waals surface area contributed by atoms with Gasteiger partial charge in [0, 0.05) is 0 Å². The van der Waals surface area contributed by atoms with Crippen molar-refractivity contribution >= 4 is 28.8 Å². The van der Waals surface area contributed by atoms with Crippen LogP contribution >= 0.6 is 11.8 Å². The maximum atomic E-state index is 13.0. The van der Waals surface area contributed by atoms with E-state index in [9.17, 15) is 9.59 Å². The summed E-state index contributed by atoms with van der Waals surface area (Å²) in [4.78, 5) is 32.2. The number of aliphatic imine (C=N–C) groups is 1. The van der Waals surface area contributed by atoms with Gasteiger partial charge in [-0.3, -0.25) is 9.69 Å². The van der Waals surface area contributed by atoms with Crippen LogP contribution in [0.5, 0.6) is 11.5 Å². The van der Waals surface area contributed by atoms with Gasteiger partial charge in [0.25, 0.3) is 0 Å². The molecule has 2 heterocycles. The van der Waals surface area contributed by atoms with Crippen LogP contribution in [0.3, 0.4) is 0 Å². The molecular formula is C23H30N2O5S. The van der Waals surface area contributed by atoms with E-state index >= 15 is 0 Å². The van der Waals surface area contributed by atoms with Gasteiger partial charge in [0.2, 0.25) is 5.91 Å².